The van der Waals surface area contributed by atoms with E-state index in [1.54, 1.807) is 0 Å². The monoisotopic (exact) mass is 528 g/mol. The van der Waals surface area contributed by atoms with Gasteiger partial charge in [-0.1, -0.05) is 0 Å². The molecular formula is C19H24OTe2. The predicted molar refractivity (Wildman–Crippen MR) is 98.5 cm³/mol. The molecule has 0 saturated heterocycles. The van der Waals surface area contributed by atoms with E-state index in [1.165, 1.54) is 14.4 Å². The second-order valence-electron chi connectivity index (χ2n) is 7.55. The topological polar surface area (TPSA) is 17.1 Å². The van der Waals surface area contributed by atoms with Gasteiger partial charge in [0, 0.05) is 0 Å². The van der Waals surface area contributed by atoms with Crippen LogP contribution in [0.15, 0.2) is 41.2 Å². The summed E-state index contributed by atoms with van der Waals surface area (Å²) in [6, 6.07) is 12.5. The minimum atomic E-state index is -0.588. The van der Waals surface area contributed by atoms with Gasteiger partial charge in [0.05, 0.1) is 0 Å². The quantitative estimate of drug-likeness (QED) is 0.553. The molecule has 2 rings (SSSR count). The molecule has 22 heavy (non-hydrogen) atoms. The zero-order chi connectivity index (χ0) is 16.5. The molecule has 1 nitrogen and oxygen atoms in total. The first-order valence-electron chi connectivity index (χ1n) is 7.51. The zero-order valence-electron chi connectivity index (χ0n) is 14.2. The Morgan fingerprint density at radius 2 is 1.50 bits per heavy atom. The van der Waals surface area contributed by atoms with Crippen LogP contribution in [0.2, 0.25) is 0 Å². The molecule has 0 radical (unpaired) electrons. The Morgan fingerprint density at radius 1 is 0.909 bits per heavy atom. The predicted octanol–water partition coefficient (Wildman–Crippen LogP) is 2.35. The molecule has 0 atom stereocenters. The van der Waals surface area contributed by atoms with Gasteiger partial charge in [-0.05, 0) is 0 Å². The van der Waals surface area contributed by atoms with Gasteiger partial charge in [-0.15, -0.1) is 0 Å². The van der Waals surface area contributed by atoms with Crippen LogP contribution in [-0.2, 0) is 10.8 Å². The van der Waals surface area contributed by atoms with Gasteiger partial charge in [0.1, 0.15) is 0 Å². The van der Waals surface area contributed by atoms with Gasteiger partial charge in [-0.25, -0.2) is 0 Å². The number of hydrogen-bond donors (Lipinski definition) is 0. The molecule has 0 aliphatic carbocycles. The second-order valence-corrected chi connectivity index (χ2v) is 13.6. The van der Waals surface area contributed by atoms with Gasteiger partial charge in [0.25, 0.3) is 0 Å². The third kappa shape index (κ3) is 4.49. The summed E-state index contributed by atoms with van der Waals surface area (Å²) in [7, 11) is 0. The zero-order valence-corrected chi connectivity index (χ0v) is 18.8. The van der Waals surface area contributed by atoms with Crippen LogP contribution in [0.3, 0.4) is 0 Å². The maximum absolute atomic E-state index is 12.8. The summed E-state index contributed by atoms with van der Waals surface area (Å²) in [6.07, 6.45) is 0. The molecular weight excluding hydrogens is 499 g/mol. The summed E-state index contributed by atoms with van der Waals surface area (Å²) in [5.41, 5.74) is 0.516. The van der Waals surface area contributed by atoms with Crippen molar-refractivity contribution in [1.82, 2.24) is 0 Å². The molecule has 0 aliphatic rings. The Labute approximate surface area is 153 Å². The van der Waals surface area contributed by atoms with Crippen molar-refractivity contribution in [1.29, 1.82) is 0 Å². The van der Waals surface area contributed by atoms with Crippen molar-refractivity contribution in [2.45, 2.75) is 52.4 Å². The number of benzene rings is 1. The maximum atomic E-state index is 12.8. The average Bonchev–Trinajstić information content (AvgIpc) is 2.39. The fourth-order valence-electron chi connectivity index (χ4n) is 2.05. The molecule has 0 unspecified atom stereocenters. The second kappa shape index (κ2) is 6.83. The summed E-state index contributed by atoms with van der Waals surface area (Å²) in [5, 5.41) is 0. The van der Waals surface area contributed by atoms with E-state index >= 15 is 0 Å². The Hall–Kier alpha value is -0.0508. The molecule has 0 spiro atoms. The van der Waals surface area contributed by atoms with Gasteiger partial charge >= 0.3 is 155 Å². The van der Waals surface area contributed by atoms with E-state index in [0.717, 1.165) is 0 Å². The fourth-order valence-corrected chi connectivity index (χ4v) is 10.1. The third-order valence-electron chi connectivity index (χ3n) is 3.29. The van der Waals surface area contributed by atoms with Gasteiger partial charge in [0.15, 0.2) is 0 Å². The van der Waals surface area contributed by atoms with Crippen LogP contribution in [0, 0.1) is 0 Å². The van der Waals surface area contributed by atoms with Crippen molar-refractivity contribution in [2.24, 2.45) is 0 Å². The van der Waals surface area contributed by atoms with Crippen molar-refractivity contribution >= 4 is 48.6 Å². The van der Waals surface area contributed by atoms with Crippen LogP contribution in [0.25, 0.3) is 0 Å². The Bertz CT molecular complexity index is 701. The molecule has 3 heteroatoms. The average molecular weight is 524 g/mol. The molecule has 1 heterocycles. The standard InChI is InChI=1S/C19H24OTe2/c1-18(2,3)15-12-14(20)16(17(22-15)19(4,5)6)21-13-10-8-7-9-11-13/h7-12H,1-6H3. The van der Waals surface area contributed by atoms with Crippen LogP contribution in [0.5, 0.6) is 0 Å². The van der Waals surface area contributed by atoms with Gasteiger partial charge in [-0.3, -0.25) is 0 Å². The van der Waals surface area contributed by atoms with E-state index in [-0.39, 0.29) is 16.3 Å². The molecule has 0 bridgehead atoms. The summed E-state index contributed by atoms with van der Waals surface area (Å²) in [6.45, 7) is 13.5. The first-order valence-corrected chi connectivity index (χ1v) is 12.2. The van der Waals surface area contributed by atoms with E-state index in [1.807, 2.05) is 12.1 Å². The third-order valence-corrected chi connectivity index (χ3v) is 13.4. The van der Waals surface area contributed by atoms with Gasteiger partial charge < -0.3 is 0 Å². The molecule has 1 aromatic carbocycles. The van der Waals surface area contributed by atoms with E-state index in [4.69, 9.17) is 0 Å². The van der Waals surface area contributed by atoms with Crippen LogP contribution in [0.4, 0.5) is 0 Å². The fraction of sp³-hybridized carbons (Fsp3) is 0.421. The van der Waals surface area contributed by atoms with E-state index < -0.39 is 41.4 Å². The molecule has 0 amide bonds. The number of hydrogen-bond acceptors (Lipinski definition) is 1. The van der Waals surface area contributed by atoms with Crippen LogP contribution < -0.4 is 12.7 Å². The SMILES string of the molecule is CC(C)(C)c1cc(=O)c([Te]c2ccccc2)c(C(C)(C)C)[te]1. The van der Waals surface area contributed by atoms with Gasteiger partial charge in [0.2, 0.25) is 0 Å². The molecule has 0 N–H and O–H groups in total. The van der Waals surface area contributed by atoms with Crippen molar-refractivity contribution in [2.75, 3.05) is 0 Å². The minimum absolute atomic E-state index is 0.109. The normalized spacial score (nSPS) is 12.5. The van der Waals surface area contributed by atoms with Crippen molar-refractivity contribution in [3.8, 4) is 0 Å². The van der Waals surface area contributed by atoms with E-state index in [9.17, 15) is 4.79 Å². The van der Waals surface area contributed by atoms with Crippen molar-refractivity contribution < 1.29 is 0 Å². The number of rotatable bonds is 2. The molecule has 0 saturated carbocycles. The Morgan fingerprint density at radius 3 is 2.00 bits per heavy atom. The molecule has 1 aromatic heterocycles. The van der Waals surface area contributed by atoms with Crippen molar-refractivity contribution in [3.63, 3.8) is 0 Å². The summed E-state index contributed by atoms with van der Waals surface area (Å²) in [5.74, 6) is 0. The molecule has 0 aliphatic heterocycles. The Kier molecular flexibility index (Phi) is 5.67. The first kappa shape index (κ1) is 18.3. The van der Waals surface area contributed by atoms with Crippen LogP contribution >= 0.6 is 0 Å². The van der Waals surface area contributed by atoms with Gasteiger partial charge in [-0.2, -0.15) is 0 Å². The Balaban J connectivity index is 2.60. The summed E-state index contributed by atoms with van der Waals surface area (Å²) >= 11 is -1.01. The van der Waals surface area contributed by atoms with E-state index in [2.05, 4.69) is 65.8 Å². The van der Waals surface area contributed by atoms with Crippen molar-refractivity contribution in [3.05, 3.63) is 53.8 Å². The van der Waals surface area contributed by atoms with Crippen LogP contribution in [-0.4, -0.2) is 41.4 Å². The molecule has 2 aromatic rings. The van der Waals surface area contributed by atoms with E-state index in [0.29, 0.717) is 0 Å². The first-order chi connectivity index (χ1) is 10.1. The summed E-state index contributed by atoms with van der Waals surface area (Å²) < 4.78 is 5.43. The molecule has 118 valence electrons. The summed E-state index contributed by atoms with van der Waals surface area (Å²) in [4.78, 5) is 12.8. The molecule has 0 fully saturated rings. The van der Waals surface area contributed by atoms with Crippen LogP contribution in [0.1, 0.15) is 48.7 Å².